The normalized spacial score (nSPS) is 11.1. The van der Waals surface area contributed by atoms with Gasteiger partial charge in [0.2, 0.25) is 0 Å². The van der Waals surface area contributed by atoms with Gasteiger partial charge in [0, 0.05) is 13.1 Å². The molecule has 0 fully saturated rings. The van der Waals surface area contributed by atoms with Crippen LogP contribution in [-0.4, -0.2) is 30.2 Å². The van der Waals surface area contributed by atoms with Crippen molar-refractivity contribution >= 4 is 28.7 Å². The maximum atomic E-state index is 12.1. The molecule has 0 aliphatic carbocycles. The first-order chi connectivity index (χ1) is 9.26. The van der Waals surface area contributed by atoms with Crippen LogP contribution in [0.4, 0.5) is 4.79 Å². The van der Waals surface area contributed by atoms with Crippen LogP contribution in [-0.2, 0) is 11.3 Å². The lowest BCUT2D eigenvalue weighted by Gasteiger charge is -2.26. The molecule has 0 aromatic heterocycles. The third-order valence-corrected chi connectivity index (χ3v) is 3.47. The number of ether oxygens (including phenoxy) is 2. The molecule has 0 heterocycles. The number of methoxy groups -OCH3 is 1. The second-order valence-corrected chi connectivity index (χ2v) is 6.63. The second kappa shape index (κ2) is 7.15. The fraction of sp³-hybridized carbons (Fsp3) is 0.533. The molecule has 0 unspecified atom stereocenters. The Labute approximate surface area is 134 Å². The molecule has 0 bridgehead atoms. The number of hydrogen-bond acceptors (Lipinski definition) is 3. The highest BCUT2D eigenvalue weighted by molar-refractivity contribution is 14.1. The third kappa shape index (κ3) is 5.19. The van der Waals surface area contributed by atoms with E-state index < -0.39 is 5.60 Å². The van der Waals surface area contributed by atoms with Gasteiger partial charge in [0.25, 0.3) is 0 Å². The summed E-state index contributed by atoms with van der Waals surface area (Å²) >= 11 is 2.22. The lowest BCUT2D eigenvalue weighted by molar-refractivity contribution is 0.0244. The van der Waals surface area contributed by atoms with Gasteiger partial charge in [-0.25, -0.2) is 4.79 Å². The quantitative estimate of drug-likeness (QED) is 0.727. The maximum Gasteiger partial charge on any atom is 0.410 e. The summed E-state index contributed by atoms with van der Waals surface area (Å²) in [5.74, 6) is 0.842. The minimum absolute atomic E-state index is 0.286. The molecule has 0 spiro atoms. The summed E-state index contributed by atoms with van der Waals surface area (Å²) in [5, 5.41) is 0. The van der Waals surface area contributed by atoms with Gasteiger partial charge in [0.1, 0.15) is 11.4 Å². The zero-order chi connectivity index (χ0) is 15.3. The van der Waals surface area contributed by atoms with Crippen molar-refractivity contribution < 1.29 is 14.3 Å². The molecule has 0 radical (unpaired) electrons. The lowest BCUT2D eigenvalue weighted by Crippen LogP contribution is -2.36. The van der Waals surface area contributed by atoms with Crippen molar-refractivity contribution in [2.75, 3.05) is 13.7 Å². The largest absolute Gasteiger partial charge is 0.496 e. The standard InChI is InChI=1S/C15H22INO3/c1-6-17(14(18)20-15(2,3)4)10-11-7-8-13(19-5)12(16)9-11/h7-9H,6,10H2,1-5H3. The van der Waals surface area contributed by atoms with E-state index in [1.54, 1.807) is 12.0 Å². The van der Waals surface area contributed by atoms with Crippen LogP contribution in [0.15, 0.2) is 18.2 Å². The van der Waals surface area contributed by atoms with Gasteiger partial charge >= 0.3 is 6.09 Å². The molecule has 20 heavy (non-hydrogen) atoms. The van der Waals surface area contributed by atoms with Crippen molar-refractivity contribution in [2.45, 2.75) is 39.8 Å². The molecule has 0 aliphatic rings. The molecule has 5 heteroatoms. The van der Waals surface area contributed by atoms with Crippen LogP contribution >= 0.6 is 22.6 Å². The van der Waals surface area contributed by atoms with Crippen LogP contribution in [0, 0.1) is 3.57 Å². The van der Waals surface area contributed by atoms with Gasteiger partial charge < -0.3 is 14.4 Å². The Kier molecular flexibility index (Phi) is 6.10. The predicted molar refractivity (Wildman–Crippen MR) is 88.0 cm³/mol. The van der Waals surface area contributed by atoms with Gasteiger partial charge in [-0.05, 0) is 68.0 Å². The first-order valence-corrected chi connectivity index (χ1v) is 7.65. The first kappa shape index (κ1) is 17.1. The highest BCUT2D eigenvalue weighted by atomic mass is 127. The number of nitrogens with zero attached hydrogens (tertiary/aromatic N) is 1. The van der Waals surface area contributed by atoms with Crippen LogP contribution in [0.5, 0.6) is 5.75 Å². The molecule has 0 atom stereocenters. The highest BCUT2D eigenvalue weighted by Gasteiger charge is 2.21. The molecular formula is C15H22INO3. The van der Waals surface area contributed by atoms with E-state index in [9.17, 15) is 4.79 Å². The predicted octanol–water partition coefficient (Wildman–Crippen LogP) is 4.06. The van der Waals surface area contributed by atoms with E-state index in [1.807, 2.05) is 45.9 Å². The lowest BCUT2D eigenvalue weighted by atomic mass is 10.2. The molecule has 0 N–H and O–H groups in total. The average molecular weight is 391 g/mol. The topological polar surface area (TPSA) is 38.8 Å². The van der Waals surface area contributed by atoms with Crippen LogP contribution in [0.1, 0.15) is 33.3 Å². The molecule has 4 nitrogen and oxygen atoms in total. The van der Waals surface area contributed by atoms with Gasteiger partial charge in [-0.1, -0.05) is 6.07 Å². The Bertz CT molecular complexity index is 469. The van der Waals surface area contributed by atoms with Gasteiger partial charge in [0.05, 0.1) is 10.7 Å². The molecule has 1 rings (SSSR count). The van der Waals surface area contributed by atoms with Crippen molar-refractivity contribution in [1.82, 2.24) is 4.90 Å². The first-order valence-electron chi connectivity index (χ1n) is 6.57. The number of rotatable bonds is 4. The Morgan fingerprint density at radius 1 is 1.35 bits per heavy atom. The summed E-state index contributed by atoms with van der Waals surface area (Å²) in [6.45, 7) is 8.69. The van der Waals surface area contributed by atoms with Gasteiger partial charge in [-0.15, -0.1) is 0 Å². The van der Waals surface area contributed by atoms with Crippen molar-refractivity contribution in [2.24, 2.45) is 0 Å². The fourth-order valence-corrected chi connectivity index (χ4v) is 2.46. The van der Waals surface area contributed by atoms with Gasteiger partial charge in [-0.2, -0.15) is 0 Å². The Morgan fingerprint density at radius 2 is 2.00 bits per heavy atom. The summed E-state index contributed by atoms with van der Waals surface area (Å²) in [6.07, 6.45) is -0.286. The number of amides is 1. The van der Waals surface area contributed by atoms with E-state index in [2.05, 4.69) is 22.6 Å². The molecular weight excluding hydrogens is 369 g/mol. The highest BCUT2D eigenvalue weighted by Crippen LogP contribution is 2.22. The summed E-state index contributed by atoms with van der Waals surface area (Å²) in [4.78, 5) is 13.8. The van der Waals surface area contributed by atoms with Crippen LogP contribution in [0.2, 0.25) is 0 Å². The number of benzene rings is 1. The molecule has 1 aromatic carbocycles. The summed E-state index contributed by atoms with van der Waals surface area (Å²) in [7, 11) is 1.65. The Balaban J connectivity index is 2.78. The van der Waals surface area contributed by atoms with E-state index in [1.165, 1.54) is 0 Å². The molecule has 0 aliphatic heterocycles. The molecule has 112 valence electrons. The number of carbonyl (C=O) groups excluding carboxylic acids is 1. The number of hydrogen-bond donors (Lipinski definition) is 0. The average Bonchev–Trinajstić information content (AvgIpc) is 2.33. The minimum Gasteiger partial charge on any atom is -0.496 e. The summed E-state index contributed by atoms with van der Waals surface area (Å²) in [6, 6.07) is 5.90. The van der Waals surface area contributed by atoms with E-state index in [4.69, 9.17) is 9.47 Å². The van der Waals surface area contributed by atoms with E-state index in [0.717, 1.165) is 14.9 Å². The second-order valence-electron chi connectivity index (χ2n) is 5.46. The number of carbonyl (C=O) groups is 1. The van der Waals surface area contributed by atoms with Crippen molar-refractivity contribution in [3.05, 3.63) is 27.3 Å². The SMILES string of the molecule is CCN(Cc1ccc(OC)c(I)c1)C(=O)OC(C)(C)C. The minimum atomic E-state index is -0.473. The zero-order valence-electron chi connectivity index (χ0n) is 12.7. The van der Waals surface area contributed by atoms with E-state index in [0.29, 0.717) is 13.1 Å². The van der Waals surface area contributed by atoms with Crippen molar-refractivity contribution in [3.63, 3.8) is 0 Å². The van der Waals surface area contributed by atoms with Crippen LogP contribution < -0.4 is 4.74 Å². The van der Waals surface area contributed by atoms with Crippen molar-refractivity contribution in [3.8, 4) is 5.75 Å². The van der Waals surface area contributed by atoms with Crippen LogP contribution in [0.25, 0.3) is 0 Å². The molecule has 1 amide bonds. The number of halogens is 1. The van der Waals surface area contributed by atoms with Gasteiger partial charge in [0.15, 0.2) is 0 Å². The van der Waals surface area contributed by atoms with Crippen molar-refractivity contribution in [1.29, 1.82) is 0 Å². The summed E-state index contributed by atoms with van der Waals surface area (Å²) in [5.41, 5.74) is 0.585. The van der Waals surface area contributed by atoms with Gasteiger partial charge in [-0.3, -0.25) is 0 Å². The third-order valence-electron chi connectivity index (χ3n) is 2.62. The Hall–Kier alpha value is -0.980. The molecule has 1 aromatic rings. The Morgan fingerprint density at radius 3 is 2.45 bits per heavy atom. The monoisotopic (exact) mass is 391 g/mol. The van der Waals surface area contributed by atoms with Crippen LogP contribution in [0.3, 0.4) is 0 Å². The fourth-order valence-electron chi connectivity index (χ4n) is 1.66. The van der Waals surface area contributed by atoms with E-state index in [-0.39, 0.29) is 6.09 Å². The maximum absolute atomic E-state index is 12.1. The molecule has 0 saturated heterocycles. The molecule has 0 saturated carbocycles. The zero-order valence-corrected chi connectivity index (χ0v) is 14.9. The van der Waals surface area contributed by atoms with E-state index >= 15 is 0 Å². The summed E-state index contributed by atoms with van der Waals surface area (Å²) < 4.78 is 11.7. The smallest absolute Gasteiger partial charge is 0.410 e.